The molecule has 1 aromatic carbocycles. The van der Waals surface area contributed by atoms with Crippen molar-refractivity contribution in [1.29, 1.82) is 0 Å². The van der Waals surface area contributed by atoms with E-state index in [0.29, 0.717) is 11.3 Å². The van der Waals surface area contributed by atoms with Crippen LogP contribution in [0.5, 0.6) is 0 Å². The molecule has 7 heteroatoms. The monoisotopic (exact) mass is 309 g/mol. The largest absolute Gasteiger partial charge is 0.416 e. The van der Waals surface area contributed by atoms with Crippen LogP contribution in [0.1, 0.15) is 11.3 Å². The molecule has 0 spiro atoms. The van der Waals surface area contributed by atoms with Gasteiger partial charge in [0.2, 0.25) is 5.91 Å². The second-order valence-electron chi connectivity index (χ2n) is 4.59. The summed E-state index contributed by atoms with van der Waals surface area (Å²) in [6.07, 6.45) is -2.81. The highest BCUT2D eigenvalue weighted by atomic mass is 19.4. The van der Waals surface area contributed by atoms with E-state index in [1.807, 2.05) is 0 Å². The van der Waals surface area contributed by atoms with Gasteiger partial charge in [0.25, 0.3) is 0 Å². The smallest absolute Gasteiger partial charge is 0.349 e. The van der Waals surface area contributed by atoms with Gasteiger partial charge in [0.05, 0.1) is 24.3 Å². The first-order chi connectivity index (χ1) is 10.4. The van der Waals surface area contributed by atoms with E-state index in [4.69, 9.17) is 5.73 Å². The van der Waals surface area contributed by atoms with Crippen LogP contribution in [0.2, 0.25) is 0 Å². The topological polar surface area (TPSA) is 68.0 Å². The molecule has 0 unspecified atom stereocenters. The third kappa shape index (κ3) is 4.05. The quantitative estimate of drug-likeness (QED) is 0.911. The molecule has 0 aliphatic rings. The summed E-state index contributed by atoms with van der Waals surface area (Å²) in [4.78, 5) is 15.2. The Labute approximate surface area is 125 Å². The van der Waals surface area contributed by atoms with Gasteiger partial charge in [-0.15, -0.1) is 0 Å². The van der Waals surface area contributed by atoms with E-state index in [2.05, 4.69) is 10.3 Å². The molecule has 3 N–H and O–H groups in total. The highest BCUT2D eigenvalue weighted by Gasteiger charge is 2.29. The molecule has 1 amide bonds. The van der Waals surface area contributed by atoms with E-state index in [9.17, 15) is 18.0 Å². The molecule has 0 aliphatic heterocycles. The van der Waals surface area contributed by atoms with Crippen molar-refractivity contribution >= 4 is 5.91 Å². The van der Waals surface area contributed by atoms with Gasteiger partial charge in [0, 0.05) is 6.20 Å². The van der Waals surface area contributed by atoms with Gasteiger partial charge in [0.1, 0.15) is 0 Å². The summed E-state index contributed by atoms with van der Waals surface area (Å²) in [5.41, 5.74) is 6.45. The molecule has 1 heterocycles. The summed E-state index contributed by atoms with van der Waals surface area (Å²) < 4.78 is 37.6. The second-order valence-corrected chi connectivity index (χ2v) is 4.59. The van der Waals surface area contributed by atoms with Crippen molar-refractivity contribution in [1.82, 2.24) is 10.3 Å². The molecule has 0 radical (unpaired) electrons. The van der Waals surface area contributed by atoms with Gasteiger partial charge >= 0.3 is 6.18 Å². The highest BCUT2D eigenvalue weighted by Crippen LogP contribution is 2.30. The summed E-state index contributed by atoms with van der Waals surface area (Å²) in [6, 6.07) is 8.27. The number of amides is 1. The average Bonchev–Trinajstić information content (AvgIpc) is 2.52. The van der Waals surface area contributed by atoms with Crippen LogP contribution in [0.4, 0.5) is 13.2 Å². The molecule has 4 nitrogen and oxygen atoms in total. The number of alkyl halides is 3. The predicted octanol–water partition coefficient (Wildman–Crippen LogP) is 2.34. The molecule has 0 aliphatic carbocycles. The van der Waals surface area contributed by atoms with Gasteiger partial charge in [-0.05, 0) is 35.4 Å². The molecule has 0 saturated heterocycles. The molecule has 0 atom stereocenters. The average molecular weight is 309 g/mol. The summed E-state index contributed by atoms with van der Waals surface area (Å²) in [5.74, 6) is -0.304. The first-order valence-corrected chi connectivity index (χ1v) is 6.49. The molecule has 1 aromatic heterocycles. The van der Waals surface area contributed by atoms with E-state index < -0.39 is 11.7 Å². The van der Waals surface area contributed by atoms with E-state index >= 15 is 0 Å². The molecule has 116 valence electrons. The zero-order chi connectivity index (χ0) is 16.2. The van der Waals surface area contributed by atoms with Crippen molar-refractivity contribution in [2.24, 2.45) is 5.73 Å². The van der Waals surface area contributed by atoms with Crippen LogP contribution in [0.15, 0.2) is 42.6 Å². The lowest BCUT2D eigenvalue weighted by molar-refractivity contribution is -0.137. The van der Waals surface area contributed by atoms with Gasteiger partial charge in [-0.1, -0.05) is 12.1 Å². The maximum Gasteiger partial charge on any atom is 0.416 e. The predicted molar refractivity (Wildman–Crippen MR) is 75.6 cm³/mol. The van der Waals surface area contributed by atoms with Gasteiger partial charge < -0.3 is 11.1 Å². The minimum atomic E-state index is -4.35. The number of hydrogen-bond acceptors (Lipinski definition) is 3. The van der Waals surface area contributed by atoms with E-state index in [1.165, 1.54) is 18.3 Å². The molecule has 2 aromatic rings. The molecule has 22 heavy (non-hydrogen) atoms. The first-order valence-electron chi connectivity index (χ1n) is 6.49. The summed E-state index contributed by atoms with van der Waals surface area (Å²) >= 11 is 0. The van der Waals surface area contributed by atoms with Crippen LogP contribution in [0.25, 0.3) is 11.1 Å². The number of benzene rings is 1. The molecule has 2 rings (SSSR count). The Morgan fingerprint density at radius 2 is 1.82 bits per heavy atom. The van der Waals surface area contributed by atoms with Gasteiger partial charge in [-0.25, -0.2) is 0 Å². The fraction of sp³-hybridized carbons (Fsp3) is 0.200. The van der Waals surface area contributed by atoms with Crippen molar-refractivity contribution < 1.29 is 18.0 Å². The van der Waals surface area contributed by atoms with E-state index in [0.717, 1.165) is 17.7 Å². The third-order valence-corrected chi connectivity index (χ3v) is 3.01. The first kappa shape index (κ1) is 16.0. The number of hydrogen-bond donors (Lipinski definition) is 2. The lowest BCUT2D eigenvalue weighted by Gasteiger charge is -2.09. The highest BCUT2D eigenvalue weighted by molar-refractivity contribution is 5.77. The Kier molecular flexibility index (Phi) is 4.77. The number of carbonyl (C=O) groups is 1. The zero-order valence-corrected chi connectivity index (χ0v) is 11.5. The van der Waals surface area contributed by atoms with Gasteiger partial charge in [-0.2, -0.15) is 13.2 Å². The number of halogens is 3. The second kappa shape index (κ2) is 6.57. The Balaban J connectivity index is 2.17. The lowest BCUT2D eigenvalue weighted by atomic mass is 10.0. The van der Waals surface area contributed by atoms with Crippen LogP contribution >= 0.6 is 0 Å². The van der Waals surface area contributed by atoms with Crippen molar-refractivity contribution in [3.63, 3.8) is 0 Å². The number of aromatic nitrogens is 1. The molecular formula is C15H14F3N3O. The van der Waals surface area contributed by atoms with Crippen molar-refractivity contribution in [3.8, 4) is 11.1 Å². The minimum Gasteiger partial charge on any atom is -0.349 e. The normalized spacial score (nSPS) is 11.3. The summed E-state index contributed by atoms with van der Waals surface area (Å²) in [5, 5.41) is 2.58. The van der Waals surface area contributed by atoms with Crippen molar-refractivity contribution in [3.05, 3.63) is 53.9 Å². The van der Waals surface area contributed by atoms with Crippen LogP contribution in [-0.2, 0) is 17.5 Å². The van der Waals surface area contributed by atoms with Gasteiger partial charge in [0.15, 0.2) is 0 Å². The number of carbonyl (C=O) groups excluding carboxylic acids is 1. The van der Waals surface area contributed by atoms with Crippen LogP contribution < -0.4 is 11.1 Å². The zero-order valence-electron chi connectivity index (χ0n) is 11.5. The Morgan fingerprint density at radius 3 is 2.41 bits per heavy atom. The van der Waals surface area contributed by atoms with Crippen molar-refractivity contribution in [2.75, 3.05) is 6.54 Å². The number of rotatable bonds is 4. The SMILES string of the molecule is NCC(=O)NCc1cc(-c2ccc(C(F)(F)F)cc2)ccn1. The van der Waals surface area contributed by atoms with E-state index in [-0.39, 0.29) is 19.0 Å². The Hall–Kier alpha value is -2.41. The fourth-order valence-corrected chi connectivity index (χ4v) is 1.87. The molecule has 0 bridgehead atoms. The van der Waals surface area contributed by atoms with Crippen LogP contribution in [0.3, 0.4) is 0 Å². The van der Waals surface area contributed by atoms with Crippen LogP contribution in [-0.4, -0.2) is 17.4 Å². The maximum absolute atomic E-state index is 12.5. The Morgan fingerprint density at radius 1 is 1.14 bits per heavy atom. The molecular weight excluding hydrogens is 295 g/mol. The minimum absolute atomic E-state index is 0.113. The third-order valence-electron chi connectivity index (χ3n) is 3.01. The number of pyridine rings is 1. The molecule has 0 fully saturated rings. The fourth-order valence-electron chi connectivity index (χ4n) is 1.87. The number of nitrogens with zero attached hydrogens (tertiary/aromatic N) is 1. The summed E-state index contributed by atoms with van der Waals surface area (Å²) in [7, 11) is 0. The van der Waals surface area contributed by atoms with Crippen LogP contribution in [0, 0.1) is 0 Å². The standard InChI is InChI=1S/C15H14F3N3O/c16-15(17,18)12-3-1-10(2-4-12)11-5-6-20-13(7-11)9-21-14(22)8-19/h1-7H,8-9,19H2,(H,21,22). The number of nitrogens with two attached hydrogens (primary N) is 1. The van der Waals surface area contributed by atoms with E-state index in [1.54, 1.807) is 12.1 Å². The summed E-state index contributed by atoms with van der Waals surface area (Å²) in [6.45, 7) is 0.100. The maximum atomic E-state index is 12.5. The van der Waals surface area contributed by atoms with Crippen molar-refractivity contribution in [2.45, 2.75) is 12.7 Å². The molecule has 0 saturated carbocycles. The lowest BCUT2D eigenvalue weighted by Crippen LogP contribution is -2.29. The number of nitrogens with one attached hydrogen (secondary N) is 1. The van der Waals surface area contributed by atoms with Gasteiger partial charge in [-0.3, -0.25) is 9.78 Å². The Bertz CT molecular complexity index is 654.